The van der Waals surface area contributed by atoms with Crippen LogP contribution in [0.2, 0.25) is 0 Å². The molecule has 0 saturated heterocycles. The standard InChI is InChI=1S/C18H19BrN2O5S/c1-26-17(22)6-3-11-20-18(23)13-4-2-5-15(12-13)21-27(24,25)16-9-7-14(19)8-10-16/h2,4-5,7-10,12,21H,3,6,11H2,1H3,(H,20,23). The average Bonchev–Trinajstić information content (AvgIpc) is 2.65. The average molecular weight is 455 g/mol. The van der Waals surface area contributed by atoms with Crippen LogP contribution >= 0.6 is 15.9 Å². The Kier molecular flexibility index (Phi) is 7.37. The third kappa shape index (κ3) is 6.37. The smallest absolute Gasteiger partial charge is 0.305 e. The number of halogens is 1. The molecule has 9 heteroatoms. The predicted octanol–water partition coefficient (Wildman–Crippen LogP) is 2.93. The van der Waals surface area contributed by atoms with Crippen molar-refractivity contribution >= 4 is 43.5 Å². The van der Waals surface area contributed by atoms with E-state index in [9.17, 15) is 18.0 Å². The first-order valence-electron chi connectivity index (χ1n) is 8.05. The number of carbonyl (C=O) groups is 2. The molecule has 2 N–H and O–H groups in total. The van der Waals surface area contributed by atoms with Gasteiger partial charge in [0.1, 0.15) is 0 Å². The lowest BCUT2D eigenvalue weighted by atomic mass is 10.2. The molecule has 0 aliphatic heterocycles. The maximum absolute atomic E-state index is 12.4. The van der Waals surface area contributed by atoms with Gasteiger partial charge in [-0.3, -0.25) is 14.3 Å². The largest absolute Gasteiger partial charge is 0.469 e. The van der Waals surface area contributed by atoms with Crippen molar-refractivity contribution < 1.29 is 22.7 Å². The van der Waals surface area contributed by atoms with Crippen LogP contribution in [0.1, 0.15) is 23.2 Å². The van der Waals surface area contributed by atoms with Gasteiger partial charge in [-0.1, -0.05) is 22.0 Å². The number of rotatable bonds is 8. The van der Waals surface area contributed by atoms with Gasteiger partial charge in [0.15, 0.2) is 0 Å². The van der Waals surface area contributed by atoms with Crippen molar-refractivity contribution in [3.05, 3.63) is 58.6 Å². The zero-order chi connectivity index (χ0) is 19.9. The van der Waals surface area contributed by atoms with Crippen molar-refractivity contribution in [2.24, 2.45) is 0 Å². The van der Waals surface area contributed by atoms with Gasteiger partial charge in [-0.05, 0) is 48.9 Å². The Hall–Kier alpha value is -2.39. The monoisotopic (exact) mass is 454 g/mol. The van der Waals surface area contributed by atoms with Gasteiger partial charge in [0.25, 0.3) is 15.9 Å². The molecule has 2 aromatic carbocycles. The highest BCUT2D eigenvalue weighted by Gasteiger charge is 2.15. The fraction of sp³-hybridized carbons (Fsp3) is 0.222. The lowest BCUT2D eigenvalue weighted by molar-refractivity contribution is -0.140. The van der Waals surface area contributed by atoms with Gasteiger partial charge in [-0.15, -0.1) is 0 Å². The quantitative estimate of drug-likeness (QED) is 0.471. The Bertz CT molecular complexity index is 914. The van der Waals surface area contributed by atoms with Crippen LogP contribution in [0.3, 0.4) is 0 Å². The molecule has 2 rings (SSSR count). The number of nitrogens with one attached hydrogen (secondary N) is 2. The Labute approximate surface area is 166 Å². The van der Waals surface area contributed by atoms with Crippen LogP contribution in [0.15, 0.2) is 57.9 Å². The Morgan fingerprint density at radius 2 is 1.81 bits per heavy atom. The summed E-state index contributed by atoms with van der Waals surface area (Å²) in [7, 11) is -2.45. The summed E-state index contributed by atoms with van der Waals surface area (Å²) in [5, 5.41) is 2.68. The Balaban J connectivity index is 2.01. The highest BCUT2D eigenvalue weighted by atomic mass is 79.9. The van der Waals surface area contributed by atoms with Gasteiger partial charge >= 0.3 is 5.97 Å². The predicted molar refractivity (Wildman–Crippen MR) is 105 cm³/mol. The van der Waals surface area contributed by atoms with Gasteiger partial charge in [0, 0.05) is 28.7 Å². The fourth-order valence-corrected chi connectivity index (χ4v) is 3.50. The van der Waals surface area contributed by atoms with Crippen LogP contribution in [0, 0.1) is 0 Å². The first-order chi connectivity index (χ1) is 12.8. The maximum atomic E-state index is 12.4. The number of methoxy groups -OCH3 is 1. The molecule has 0 aliphatic carbocycles. The first-order valence-corrected chi connectivity index (χ1v) is 10.3. The number of ether oxygens (including phenoxy) is 1. The van der Waals surface area contributed by atoms with E-state index in [-0.39, 0.29) is 28.9 Å². The molecule has 0 unspecified atom stereocenters. The normalized spacial score (nSPS) is 10.9. The van der Waals surface area contributed by atoms with Crippen LogP contribution in [0.25, 0.3) is 0 Å². The van der Waals surface area contributed by atoms with E-state index >= 15 is 0 Å². The minimum absolute atomic E-state index is 0.114. The van der Waals surface area contributed by atoms with Crippen LogP contribution < -0.4 is 10.0 Å². The lowest BCUT2D eigenvalue weighted by Crippen LogP contribution is -2.25. The third-order valence-electron chi connectivity index (χ3n) is 3.57. The molecular weight excluding hydrogens is 436 g/mol. The minimum Gasteiger partial charge on any atom is -0.469 e. The summed E-state index contributed by atoms with van der Waals surface area (Å²) in [6, 6.07) is 12.4. The summed E-state index contributed by atoms with van der Waals surface area (Å²) < 4.78 is 32.6. The number of carbonyl (C=O) groups excluding carboxylic acids is 2. The number of anilines is 1. The number of amides is 1. The van der Waals surface area contributed by atoms with Crippen LogP contribution in [-0.2, 0) is 19.6 Å². The number of hydrogen-bond donors (Lipinski definition) is 2. The van der Waals surface area contributed by atoms with Crippen LogP contribution in [0.5, 0.6) is 0 Å². The topological polar surface area (TPSA) is 102 Å². The second kappa shape index (κ2) is 9.52. The zero-order valence-corrected chi connectivity index (χ0v) is 17.0. The molecule has 0 fully saturated rings. The zero-order valence-electron chi connectivity index (χ0n) is 14.6. The number of benzene rings is 2. The lowest BCUT2D eigenvalue weighted by Gasteiger charge is -2.10. The number of sulfonamides is 1. The van der Waals surface area contributed by atoms with E-state index in [0.29, 0.717) is 18.5 Å². The van der Waals surface area contributed by atoms with Gasteiger partial charge in [0.2, 0.25) is 0 Å². The van der Waals surface area contributed by atoms with Crippen LogP contribution in [-0.4, -0.2) is 33.9 Å². The number of esters is 1. The maximum Gasteiger partial charge on any atom is 0.305 e. The molecule has 0 bridgehead atoms. The highest BCUT2D eigenvalue weighted by molar-refractivity contribution is 9.10. The van der Waals surface area contributed by atoms with E-state index in [1.54, 1.807) is 30.3 Å². The second-order valence-electron chi connectivity index (χ2n) is 5.58. The van der Waals surface area contributed by atoms with Gasteiger partial charge in [0.05, 0.1) is 12.0 Å². The van der Waals surface area contributed by atoms with E-state index in [1.807, 2.05) is 0 Å². The first kappa shape index (κ1) is 20.9. The summed E-state index contributed by atoms with van der Waals surface area (Å²) in [5.41, 5.74) is 0.587. The number of hydrogen-bond acceptors (Lipinski definition) is 5. The van der Waals surface area contributed by atoms with E-state index in [4.69, 9.17) is 0 Å². The molecular formula is C18H19BrN2O5S. The van der Waals surface area contributed by atoms with E-state index in [2.05, 4.69) is 30.7 Å². The molecule has 2 aromatic rings. The van der Waals surface area contributed by atoms with Crippen LogP contribution in [0.4, 0.5) is 5.69 Å². The summed E-state index contributed by atoms with van der Waals surface area (Å²) >= 11 is 3.26. The Morgan fingerprint density at radius 3 is 2.48 bits per heavy atom. The van der Waals surface area contributed by atoms with Gasteiger partial charge in [-0.25, -0.2) is 8.42 Å². The van der Waals surface area contributed by atoms with Crippen molar-refractivity contribution in [2.75, 3.05) is 18.4 Å². The SMILES string of the molecule is COC(=O)CCCNC(=O)c1cccc(NS(=O)(=O)c2ccc(Br)cc2)c1. The molecule has 144 valence electrons. The molecule has 0 radical (unpaired) electrons. The third-order valence-corrected chi connectivity index (χ3v) is 5.50. The molecule has 0 saturated carbocycles. The van der Waals surface area contributed by atoms with Gasteiger partial charge < -0.3 is 10.1 Å². The van der Waals surface area contributed by atoms with E-state index in [1.165, 1.54) is 25.3 Å². The molecule has 0 aliphatic rings. The molecule has 0 heterocycles. The second-order valence-corrected chi connectivity index (χ2v) is 8.17. The molecule has 7 nitrogen and oxygen atoms in total. The summed E-state index contributed by atoms with van der Waals surface area (Å²) in [6.07, 6.45) is 0.665. The van der Waals surface area contributed by atoms with Crippen molar-refractivity contribution in [3.8, 4) is 0 Å². The molecule has 27 heavy (non-hydrogen) atoms. The minimum atomic E-state index is -3.76. The molecule has 0 atom stereocenters. The molecule has 0 spiro atoms. The molecule has 1 amide bonds. The Morgan fingerprint density at radius 1 is 1.11 bits per heavy atom. The summed E-state index contributed by atoms with van der Waals surface area (Å²) in [4.78, 5) is 23.3. The van der Waals surface area contributed by atoms with Gasteiger partial charge in [-0.2, -0.15) is 0 Å². The van der Waals surface area contributed by atoms with E-state index < -0.39 is 10.0 Å². The van der Waals surface area contributed by atoms with Crippen molar-refractivity contribution in [1.29, 1.82) is 0 Å². The summed E-state index contributed by atoms with van der Waals surface area (Å²) in [5.74, 6) is -0.696. The van der Waals surface area contributed by atoms with Crippen molar-refractivity contribution in [1.82, 2.24) is 5.32 Å². The fourth-order valence-electron chi connectivity index (χ4n) is 2.19. The van der Waals surface area contributed by atoms with Crippen molar-refractivity contribution in [3.63, 3.8) is 0 Å². The summed E-state index contributed by atoms with van der Waals surface area (Å²) in [6.45, 7) is 0.308. The van der Waals surface area contributed by atoms with E-state index in [0.717, 1.165) is 4.47 Å². The molecule has 0 aromatic heterocycles. The highest BCUT2D eigenvalue weighted by Crippen LogP contribution is 2.19. The van der Waals surface area contributed by atoms with Crippen molar-refractivity contribution in [2.45, 2.75) is 17.7 Å².